The Morgan fingerprint density at radius 3 is 2.43 bits per heavy atom. The predicted molar refractivity (Wildman–Crippen MR) is 139 cm³/mol. The Hall–Kier alpha value is -4.49. The van der Waals surface area contributed by atoms with Gasteiger partial charge in [0.1, 0.15) is 11.6 Å². The number of nitrogen functional groups attached to an aromatic ring is 1. The number of nitrogens with one attached hydrogen (secondary N) is 1. The van der Waals surface area contributed by atoms with Gasteiger partial charge in [-0.15, -0.1) is 0 Å². The lowest BCUT2D eigenvalue weighted by Crippen LogP contribution is -2.12. The molecule has 0 fully saturated rings. The molecule has 0 spiro atoms. The summed E-state index contributed by atoms with van der Waals surface area (Å²) in [5.41, 5.74) is 11.5. The second-order valence-corrected chi connectivity index (χ2v) is 8.38. The molecule has 0 aliphatic carbocycles. The summed E-state index contributed by atoms with van der Waals surface area (Å²) in [6.07, 6.45) is 1.72. The van der Waals surface area contributed by atoms with Gasteiger partial charge in [-0.05, 0) is 61.5 Å². The van der Waals surface area contributed by atoms with Gasteiger partial charge in [-0.3, -0.25) is 4.79 Å². The summed E-state index contributed by atoms with van der Waals surface area (Å²) < 4.78 is 1.64. The van der Waals surface area contributed by atoms with Crippen LogP contribution < -0.4 is 11.1 Å². The van der Waals surface area contributed by atoms with Crippen LogP contribution in [0.25, 0.3) is 28.2 Å². The number of aromatic nitrogens is 4. The second kappa shape index (κ2) is 9.40. The molecule has 5 rings (SSSR count). The van der Waals surface area contributed by atoms with Crippen LogP contribution in [0.15, 0.2) is 91.1 Å². The normalized spacial score (nSPS) is 10.8. The first-order chi connectivity index (χ1) is 17.0. The Morgan fingerprint density at radius 2 is 1.69 bits per heavy atom. The molecule has 2 heterocycles. The quantitative estimate of drug-likeness (QED) is 0.331. The Kier molecular flexibility index (Phi) is 5.99. The standard InChI is InChI=1S/C27H21ClN6O/c1-17-30-14-13-24(31-17)20-3-2-4-22(15-20)32-27(35)19-7-11-23(12-8-19)34-26(29)16-25(33-34)18-5-9-21(28)10-6-18/h2-16H,29H2,1H3,(H,32,35). The monoisotopic (exact) mass is 480 g/mol. The van der Waals surface area contributed by atoms with Crippen LogP contribution in [0.5, 0.6) is 0 Å². The summed E-state index contributed by atoms with van der Waals surface area (Å²) in [6.45, 7) is 1.84. The maximum atomic E-state index is 12.9. The summed E-state index contributed by atoms with van der Waals surface area (Å²) >= 11 is 5.98. The van der Waals surface area contributed by atoms with Crippen LogP contribution in [-0.4, -0.2) is 25.7 Å². The lowest BCUT2D eigenvalue weighted by atomic mass is 10.1. The van der Waals surface area contributed by atoms with Crippen LogP contribution >= 0.6 is 11.6 Å². The van der Waals surface area contributed by atoms with Gasteiger partial charge in [-0.2, -0.15) is 5.10 Å². The van der Waals surface area contributed by atoms with E-state index in [0.717, 1.165) is 28.2 Å². The van der Waals surface area contributed by atoms with E-state index >= 15 is 0 Å². The maximum Gasteiger partial charge on any atom is 0.255 e. The fourth-order valence-electron chi connectivity index (χ4n) is 3.69. The molecule has 0 aliphatic rings. The van der Waals surface area contributed by atoms with Crippen molar-refractivity contribution in [2.75, 3.05) is 11.1 Å². The minimum Gasteiger partial charge on any atom is -0.384 e. The number of aryl methyl sites for hydroxylation is 1. The lowest BCUT2D eigenvalue weighted by Gasteiger charge is -2.09. The van der Waals surface area contributed by atoms with E-state index in [1.807, 2.05) is 73.7 Å². The number of hydrogen-bond donors (Lipinski definition) is 2. The first-order valence-corrected chi connectivity index (χ1v) is 11.3. The molecule has 8 heteroatoms. The molecule has 5 aromatic rings. The SMILES string of the molecule is Cc1nccc(-c2cccc(NC(=O)c3ccc(-n4nc(-c5ccc(Cl)cc5)cc4N)cc3)c2)n1. The van der Waals surface area contributed by atoms with Crippen LogP contribution in [0.3, 0.4) is 0 Å². The van der Waals surface area contributed by atoms with Gasteiger partial charge in [0.25, 0.3) is 5.91 Å². The van der Waals surface area contributed by atoms with Crippen molar-refractivity contribution in [1.29, 1.82) is 0 Å². The number of benzene rings is 3. The fourth-order valence-corrected chi connectivity index (χ4v) is 3.82. The molecule has 35 heavy (non-hydrogen) atoms. The smallest absolute Gasteiger partial charge is 0.255 e. The van der Waals surface area contributed by atoms with Crippen molar-refractivity contribution in [2.24, 2.45) is 0 Å². The molecular weight excluding hydrogens is 460 g/mol. The number of halogens is 1. The second-order valence-electron chi connectivity index (χ2n) is 7.94. The fraction of sp³-hybridized carbons (Fsp3) is 0.0370. The molecule has 3 N–H and O–H groups in total. The van der Waals surface area contributed by atoms with Crippen molar-refractivity contribution in [2.45, 2.75) is 6.92 Å². The van der Waals surface area contributed by atoms with Crippen LogP contribution in [0.2, 0.25) is 5.02 Å². The van der Waals surface area contributed by atoms with E-state index in [1.54, 1.807) is 29.1 Å². The molecule has 0 bridgehead atoms. The average molecular weight is 481 g/mol. The number of nitrogens with zero attached hydrogens (tertiary/aromatic N) is 4. The number of carbonyl (C=O) groups is 1. The van der Waals surface area contributed by atoms with Gasteiger partial charge < -0.3 is 11.1 Å². The molecule has 0 saturated carbocycles. The predicted octanol–water partition coefficient (Wildman–Crippen LogP) is 5.79. The Morgan fingerprint density at radius 1 is 0.914 bits per heavy atom. The third-order valence-corrected chi connectivity index (χ3v) is 5.70. The molecular formula is C27H21ClN6O. The maximum absolute atomic E-state index is 12.9. The summed E-state index contributed by atoms with van der Waals surface area (Å²) in [5, 5.41) is 8.21. The number of nitrogens with two attached hydrogens (primary N) is 1. The van der Waals surface area contributed by atoms with E-state index in [9.17, 15) is 4.79 Å². The number of amides is 1. The summed E-state index contributed by atoms with van der Waals surface area (Å²) in [6, 6.07) is 25.7. The van der Waals surface area contributed by atoms with Crippen molar-refractivity contribution < 1.29 is 4.79 Å². The first kappa shape index (κ1) is 22.3. The molecule has 1 amide bonds. The van der Waals surface area contributed by atoms with Gasteiger partial charge in [0.05, 0.1) is 17.1 Å². The molecule has 0 saturated heterocycles. The molecule has 172 valence electrons. The van der Waals surface area contributed by atoms with Crippen molar-refractivity contribution in [3.63, 3.8) is 0 Å². The molecule has 0 radical (unpaired) electrons. The Bertz CT molecular complexity index is 1510. The summed E-state index contributed by atoms with van der Waals surface area (Å²) in [5.74, 6) is 0.960. The zero-order valence-corrected chi connectivity index (χ0v) is 19.6. The first-order valence-electron chi connectivity index (χ1n) is 10.9. The zero-order chi connectivity index (χ0) is 24.4. The summed E-state index contributed by atoms with van der Waals surface area (Å²) in [4.78, 5) is 21.4. The van der Waals surface area contributed by atoms with E-state index in [4.69, 9.17) is 17.3 Å². The molecule has 7 nitrogen and oxygen atoms in total. The minimum atomic E-state index is -0.220. The van der Waals surface area contributed by atoms with E-state index in [2.05, 4.69) is 20.4 Å². The largest absolute Gasteiger partial charge is 0.384 e. The van der Waals surface area contributed by atoms with E-state index in [-0.39, 0.29) is 5.91 Å². The van der Waals surface area contributed by atoms with Crippen LogP contribution in [-0.2, 0) is 0 Å². The van der Waals surface area contributed by atoms with E-state index < -0.39 is 0 Å². The van der Waals surface area contributed by atoms with E-state index in [1.165, 1.54) is 0 Å². The molecule has 0 unspecified atom stereocenters. The van der Waals surface area contributed by atoms with Crippen molar-refractivity contribution in [1.82, 2.24) is 19.7 Å². The topological polar surface area (TPSA) is 98.7 Å². The highest BCUT2D eigenvalue weighted by Crippen LogP contribution is 2.25. The van der Waals surface area contributed by atoms with Crippen molar-refractivity contribution >= 4 is 29.0 Å². The van der Waals surface area contributed by atoms with Gasteiger partial charge in [0.2, 0.25) is 0 Å². The molecule has 3 aromatic carbocycles. The molecule has 2 aromatic heterocycles. The van der Waals surface area contributed by atoms with Gasteiger partial charge in [-0.25, -0.2) is 14.6 Å². The lowest BCUT2D eigenvalue weighted by molar-refractivity contribution is 0.102. The number of anilines is 2. The highest BCUT2D eigenvalue weighted by Gasteiger charge is 2.12. The summed E-state index contributed by atoms with van der Waals surface area (Å²) in [7, 11) is 0. The van der Waals surface area contributed by atoms with Crippen molar-refractivity contribution in [3.8, 4) is 28.2 Å². The molecule has 0 atom stereocenters. The number of hydrogen-bond acceptors (Lipinski definition) is 5. The third kappa shape index (κ3) is 4.90. The van der Waals surface area contributed by atoms with Crippen LogP contribution in [0.4, 0.5) is 11.5 Å². The van der Waals surface area contributed by atoms with Crippen molar-refractivity contribution in [3.05, 3.63) is 108 Å². The average Bonchev–Trinajstić information content (AvgIpc) is 3.26. The van der Waals surface area contributed by atoms with Gasteiger partial charge in [0, 0.05) is 39.7 Å². The third-order valence-electron chi connectivity index (χ3n) is 5.44. The Balaban J connectivity index is 1.33. The van der Waals surface area contributed by atoms with Gasteiger partial charge in [-0.1, -0.05) is 35.9 Å². The van der Waals surface area contributed by atoms with E-state index in [0.29, 0.717) is 27.9 Å². The zero-order valence-electron chi connectivity index (χ0n) is 18.8. The highest BCUT2D eigenvalue weighted by atomic mass is 35.5. The Labute approximate surface area is 207 Å². The van der Waals surface area contributed by atoms with Crippen LogP contribution in [0.1, 0.15) is 16.2 Å². The number of rotatable bonds is 5. The number of carbonyl (C=O) groups excluding carboxylic acids is 1. The van der Waals surface area contributed by atoms with Gasteiger partial charge >= 0.3 is 0 Å². The highest BCUT2D eigenvalue weighted by molar-refractivity contribution is 6.30. The van der Waals surface area contributed by atoms with Gasteiger partial charge in [0.15, 0.2) is 0 Å². The van der Waals surface area contributed by atoms with Crippen LogP contribution in [0, 0.1) is 6.92 Å². The molecule has 0 aliphatic heterocycles. The minimum absolute atomic E-state index is 0.220.